The van der Waals surface area contributed by atoms with E-state index in [9.17, 15) is 0 Å². The molecule has 1 aliphatic rings. The maximum absolute atomic E-state index is 5.81. The van der Waals surface area contributed by atoms with E-state index in [2.05, 4.69) is 16.0 Å². The molecule has 1 aromatic rings. The lowest BCUT2D eigenvalue weighted by atomic mass is 10.0. The molecule has 1 saturated carbocycles. The summed E-state index contributed by atoms with van der Waals surface area (Å²) in [6.07, 6.45) is 5.16. The maximum atomic E-state index is 5.81. The predicted molar refractivity (Wildman–Crippen MR) is 53.0 cm³/mol. The highest BCUT2D eigenvalue weighted by Gasteiger charge is 2.18. The summed E-state index contributed by atoms with van der Waals surface area (Å²) in [5.74, 6) is 0.624. The zero-order valence-corrected chi connectivity index (χ0v) is 8.51. The van der Waals surface area contributed by atoms with Crippen molar-refractivity contribution in [3.63, 3.8) is 0 Å². The first kappa shape index (κ1) is 8.95. The van der Waals surface area contributed by atoms with E-state index in [1.54, 1.807) is 0 Å². The third-order valence-corrected chi connectivity index (χ3v) is 2.79. The first-order valence-electron chi connectivity index (χ1n) is 4.77. The van der Waals surface area contributed by atoms with Crippen LogP contribution >= 0.6 is 11.6 Å². The summed E-state index contributed by atoms with van der Waals surface area (Å²) in [5, 5.41) is 0.391. The molecular formula is C10H13ClN2. The second-order valence-electron chi connectivity index (χ2n) is 3.68. The Hall–Kier alpha value is -0.630. The molecule has 3 heteroatoms. The van der Waals surface area contributed by atoms with Crippen LogP contribution in [0.15, 0.2) is 6.07 Å². The third-order valence-electron chi connectivity index (χ3n) is 2.62. The number of halogens is 1. The summed E-state index contributed by atoms with van der Waals surface area (Å²) < 4.78 is 0. The fourth-order valence-corrected chi connectivity index (χ4v) is 2.22. The highest BCUT2D eigenvalue weighted by molar-refractivity contribution is 6.28. The van der Waals surface area contributed by atoms with Gasteiger partial charge in [-0.25, -0.2) is 9.97 Å². The molecule has 2 rings (SSSR count). The molecule has 70 valence electrons. The van der Waals surface area contributed by atoms with Gasteiger partial charge in [0.1, 0.15) is 0 Å². The van der Waals surface area contributed by atoms with Gasteiger partial charge in [-0.3, -0.25) is 0 Å². The summed E-state index contributed by atoms with van der Waals surface area (Å²) in [6.45, 7) is 1.96. The second-order valence-corrected chi connectivity index (χ2v) is 4.02. The Morgan fingerprint density at radius 1 is 1.31 bits per heavy atom. The molecule has 0 unspecified atom stereocenters. The quantitative estimate of drug-likeness (QED) is 0.646. The van der Waals surface area contributed by atoms with Crippen LogP contribution in [-0.2, 0) is 0 Å². The van der Waals surface area contributed by atoms with Gasteiger partial charge in [0.25, 0.3) is 0 Å². The standard InChI is InChI=1S/C10H13ClN2/c1-7-6-9(13-10(11)12-7)8-4-2-3-5-8/h6,8H,2-5H2,1H3. The van der Waals surface area contributed by atoms with Crippen LogP contribution in [0.1, 0.15) is 43.0 Å². The number of hydrogen-bond acceptors (Lipinski definition) is 2. The van der Waals surface area contributed by atoms with Crippen LogP contribution in [0.2, 0.25) is 5.28 Å². The molecular weight excluding hydrogens is 184 g/mol. The monoisotopic (exact) mass is 196 g/mol. The number of aromatic nitrogens is 2. The third kappa shape index (κ3) is 1.99. The molecule has 0 bridgehead atoms. The van der Waals surface area contributed by atoms with E-state index in [4.69, 9.17) is 11.6 Å². The van der Waals surface area contributed by atoms with E-state index in [0.29, 0.717) is 11.2 Å². The van der Waals surface area contributed by atoms with Crippen LogP contribution in [0.4, 0.5) is 0 Å². The topological polar surface area (TPSA) is 25.8 Å². The van der Waals surface area contributed by atoms with Crippen molar-refractivity contribution in [3.05, 3.63) is 22.7 Å². The van der Waals surface area contributed by atoms with Crippen LogP contribution in [0.25, 0.3) is 0 Å². The van der Waals surface area contributed by atoms with Crippen molar-refractivity contribution in [3.8, 4) is 0 Å². The van der Waals surface area contributed by atoms with Gasteiger partial charge in [-0.1, -0.05) is 12.8 Å². The molecule has 0 aliphatic heterocycles. The first-order valence-corrected chi connectivity index (χ1v) is 5.14. The Morgan fingerprint density at radius 2 is 2.00 bits per heavy atom. The number of rotatable bonds is 1. The van der Waals surface area contributed by atoms with E-state index < -0.39 is 0 Å². The molecule has 13 heavy (non-hydrogen) atoms. The highest BCUT2D eigenvalue weighted by Crippen LogP contribution is 2.33. The molecule has 0 aromatic carbocycles. The Morgan fingerprint density at radius 3 is 2.62 bits per heavy atom. The largest absolute Gasteiger partial charge is 0.223 e. The van der Waals surface area contributed by atoms with E-state index in [-0.39, 0.29) is 0 Å². The minimum Gasteiger partial charge on any atom is -0.223 e. The fourth-order valence-electron chi connectivity index (χ4n) is 1.99. The van der Waals surface area contributed by atoms with Crippen LogP contribution in [-0.4, -0.2) is 9.97 Å². The molecule has 1 fully saturated rings. The van der Waals surface area contributed by atoms with E-state index in [1.807, 2.05) is 6.92 Å². The predicted octanol–water partition coefficient (Wildman–Crippen LogP) is 3.10. The summed E-state index contributed by atoms with van der Waals surface area (Å²) in [6, 6.07) is 2.06. The van der Waals surface area contributed by atoms with E-state index in [0.717, 1.165) is 11.4 Å². The van der Waals surface area contributed by atoms with E-state index >= 15 is 0 Å². The minimum absolute atomic E-state index is 0.391. The SMILES string of the molecule is Cc1cc(C2CCCC2)nc(Cl)n1. The fraction of sp³-hybridized carbons (Fsp3) is 0.600. The zero-order chi connectivity index (χ0) is 9.26. The molecule has 0 amide bonds. The van der Waals surface area contributed by atoms with Gasteiger partial charge in [0.15, 0.2) is 0 Å². The molecule has 1 heterocycles. The molecule has 0 saturated heterocycles. The number of aryl methyl sites for hydroxylation is 1. The smallest absolute Gasteiger partial charge is 0.222 e. The van der Waals surface area contributed by atoms with Gasteiger partial charge >= 0.3 is 0 Å². The normalized spacial score (nSPS) is 18.0. The van der Waals surface area contributed by atoms with Gasteiger partial charge in [0, 0.05) is 17.3 Å². The van der Waals surface area contributed by atoms with Crippen molar-refractivity contribution in [2.75, 3.05) is 0 Å². The summed E-state index contributed by atoms with van der Waals surface area (Å²) in [7, 11) is 0. The Kier molecular flexibility index (Phi) is 2.49. The van der Waals surface area contributed by atoms with E-state index in [1.165, 1.54) is 25.7 Å². The van der Waals surface area contributed by atoms with Crippen molar-refractivity contribution in [1.82, 2.24) is 9.97 Å². The molecule has 0 N–H and O–H groups in total. The van der Waals surface area contributed by atoms with Crippen molar-refractivity contribution < 1.29 is 0 Å². The Balaban J connectivity index is 2.28. The van der Waals surface area contributed by atoms with Crippen molar-refractivity contribution >= 4 is 11.6 Å². The summed E-state index contributed by atoms with van der Waals surface area (Å²) in [5.41, 5.74) is 2.11. The van der Waals surface area contributed by atoms with Crippen LogP contribution in [0.3, 0.4) is 0 Å². The molecule has 0 spiro atoms. The van der Waals surface area contributed by atoms with Crippen molar-refractivity contribution in [2.45, 2.75) is 38.5 Å². The molecule has 0 radical (unpaired) electrons. The van der Waals surface area contributed by atoms with Crippen molar-refractivity contribution in [2.24, 2.45) is 0 Å². The van der Waals surface area contributed by atoms with Gasteiger partial charge in [-0.2, -0.15) is 0 Å². The molecule has 1 aromatic heterocycles. The van der Waals surface area contributed by atoms with Crippen LogP contribution in [0, 0.1) is 6.92 Å². The number of hydrogen-bond donors (Lipinski definition) is 0. The van der Waals surface area contributed by atoms with Gasteiger partial charge in [-0.05, 0) is 37.4 Å². The molecule has 1 aliphatic carbocycles. The lowest BCUT2D eigenvalue weighted by Gasteiger charge is -2.08. The molecule has 0 atom stereocenters. The van der Waals surface area contributed by atoms with Gasteiger partial charge in [0.05, 0.1) is 0 Å². The number of nitrogens with zero attached hydrogens (tertiary/aromatic N) is 2. The van der Waals surface area contributed by atoms with Crippen LogP contribution < -0.4 is 0 Å². The zero-order valence-electron chi connectivity index (χ0n) is 7.76. The Labute approximate surface area is 83.4 Å². The average molecular weight is 197 g/mol. The average Bonchev–Trinajstić information content (AvgIpc) is 2.53. The van der Waals surface area contributed by atoms with Crippen LogP contribution in [0.5, 0.6) is 0 Å². The maximum Gasteiger partial charge on any atom is 0.222 e. The lowest BCUT2D eigenvalue weighted by Crippen LogP contribution is -1.99. The summed E-state index contributed by atoms with van der Waals surface area (Å²) in [4.78, 5) is 8.33. The van der Waals surface area contributed by atoms with Gasteiger partial charge < -0.3 is 0 Å². The second kappa shape index (κ2) is 3.62. The van der Waals surface area contributed by atoms with Gasteiger partial charge in [-0.15, -0.1) is 0 Å². The first-order chi connectivity index (χ1) is 6.25. The Bertz CT molecular complexity index is 286. The lowest BCUT2D eigenvalue weighted by molar-refractivity contribution is 0.692. The van der Waals surface area contributed by atoms with Gasteiger partial charge in [0.2, 0.25) is 5.28 Å². The van der Waals surface area contributed by atoms with Crippen molar-refractivity contribution in [1.29, 1.82) is 0 Å². The highest BCUT2D eigenvalue weighted by atomic mass is 35.5. The summed E-state index contributed by atoms with van der Waals surface area (Å²) >= 11 is 5.81. The molecule has 2 nitrogen and oxygen atoms in total. The minimum atomic E-state index is 0.391.